The zero-order valence-electron chi connectivity index (χ0n) is 20.1. The molecule has 3 N–H and O–H groups in total. The Morgan fingerprint density at radius 1 is 1.08 bits per heavy atom. The fourth-order valence-corrected chi connectivity index (χ4v) is 5.36. The minimum absolute atomic E-state index is 0.0236. The van der Waals surface area contributed by atoms with Crippen LogP contribution < -0.4 is 16.6 Å². The van der Waals surface area contributed by atoms with Gasteiger partial charge in [0.1, 0.15) is 11.4 Å². The number of fused-ring (bicyclic) bond motifs is 2. The number of thioether (sulfide) groups is 1. The van der Waals surface area contributed by atoms with Gasteiger partial charge in [0.2, 0.25) is 5.91 Å². The zero-order valence-corrected chi connectivity index (χ0v) is 20.9. The normalized spacial score (nSPS) is 13.3. The summed E-state index contributed by atoms with van der Waals surface area (Å²) in [5.41, 5.74) is 6.52. The fraction of sp³-hybridized carbons (Fsp3) is 0.222. The van der Waals surface area contributed by atoms with E-state index in [0.29, 0.717) is 28.8 Å². The van der Waals surface area contributed by atoms with Crippen LogP contribution in [-0.4, -0.2) is 32.0 Å². The Kier molecular flexibility index (Phi) is 7.19. The first-order valence-corrected chi connectivity index (χ1v) is 12.9. The summed E-state index contributed by atoms with van der Waals surface area (Å²) in [6.07, 6.45) is 2.52. The van der Waals surface area contributed by atoms with E-state index in [1.807, 2.05) is 24.3 Å². The number of carbonyl (C=O) groups excluding carboxylic acids is 2. The largest absolute Gasteiger partial charge is 0.383 e. The average Bonchev–Trinajstić information content (AvgIpc) is 3.39. The molecule has 2 aromatic heterocycles. The van der Waals surface area contributed by atoms with E-state index < -0.39 is 34.8 Å². The highest BCUT2D eigenvalue weighted by Gasteiger charge is 2.27. The number of rotatable bonds is 8. The number of pyridine rings is 1. The van der Waals surface area contributed by atoms with Crippen LogP contribution in [0.5, 0.6) is 0 Å². The Morgan fingerprint density at radius 3 is 2.71 bits per heavy atom. The SMILES string of the molecule is Nc1nccc2cc(CNC(=O)[C@@H](CC(=O)c3cnc4n(c3=O)CCS4)Cc3ccc(F)c(F)c3)ccc12. The molecule has 0 bridgehead atoms. The average molecular weight is 536 g/mol. The number of amides is 1. The van der Waals surface area contributed by atoms with Crippen molar-refractivity contribution in [3.63, 3.8) is 0 Å². The van der Waals surface area contributed by atoms with Gasteiger partial charge in [-0.1, -0.05) is 30.0 Å². The molecule has 2 aromatic carbocycles. The number of nitrogens with two attached hydrogens (primary N) is 1. The van der Waals surface area contributed by atoms with Crippen molar-refractivity contribution in [2.45, 2.75) is 31.1 Å². The molecular weight excluding hydrogens is 512 g/mol. The second-order valence-corrected chi connectivity index (χ2v) is 10.1. The third-order valence-electron chi connectivity index (χ3n) is 6.45. The van der Waals surface area contributed by atoms with Crippen molar-refractivity contribution in [2.24, 2.45) is 5.92 Å². The molecule has 194 valence electrons. The van der Waals surface area contributed by atoms with E-state index in [9.17, 15) is 23.2 Å². The van der Waals surface area contributed by atoms with E-state index in [1.54, 1.807) is 6.20 Å². The number of nitrogens with zero attached hydrogens (tertiary/aromatic N) is 3. The van der Waals surface area contributed by atoms with Crippen molar-refractivity contribution in [1.29, 1.82) is 0 Å². The molecule has 0 saturated heterocycles. The van der Waals surface area contributed by atoms with E-state index in [0.717, 1.165) is 28.5 Å². The van der Waals surface area contributed by atoms with Crippen LogP contribution in [0.3, 0.4) is 0 Å². The maximum Gasteiger partial charge on any atom is 0.265 e. The van der Waals surface area contributed by atoms with Crippen LogP contribution in [-0.2, 0) is 24.3 Å². The number of hydrogen-bond acceptors (Lipinski definition) is 7. The van der Waals surface area contributed by atoms with Gasteiger partial charge < -0.3 is 11.1 Å². The topological polar surface area (TPSA) is 120 Å². The number of halogens is 2. The molecular formula is C27H23F2N5O3S. The second kappa shape index (κ2) is 10.7. The number of ketones is 1. The number of aromatic nitrogens is 3. The van der Waals surface area contributed by atoms with Crippen molar-refractivity contribution < 1.29 is 18.4 Å². The lowest BCUT2D eigenvalue weighted by Gasteiger charge is -2.17. The summed E-state index contributed by atoms with van der Waals surface area (Å²) in [6.45, 7) is 0.624. The highest BCUT2D eigenvalue weighted by molar-refractivity contribution is 7.99. The molecule has 1 atom stereocenters. The predicted octanol–water partition coefficient (Wildman–Crippen LogP) is 3.51. The molecule has 5 rings (SSSR count). The molecule has 0 radical (unpaired) electrons. The van der Waals surface area contributed by atoms with Crippen LogP contribution in [0.4, 0.5) is 14.6 Å². The standard InChI is InChI=1S/C27H23F2N5O3S/c28-21-4-2-15(11-22(21)29)9-18(12-23(35)20-14-33-27-34(26(20)37)7-8-38-27)25(36)32-13-16-1-3-19-17(10-16)5-6-31-24(19)30/h1-6,10-11,14,18H,7-9,12-13H2,(H2,30,31)(H,32,36)/t18-/m1/s1. The van der Waals surface area contributed by atoms with Crippen LogP contribution in [0.15, 0.2) is 64.8 Å². The van der Waals surface area contributed by atoms with Gasteiger partial charge in [0.25, 0.3) is 5.56 Å². The molecule has 0 fully saturated rings. The molecule has 3 heterocycles. The Hall–Kier alpha value is -4.12. The summed E-state index contributed by atoms with van der Waals surface area (Å²) in [7, 11) is 0. The van der Waals surface area contributed by atoms with E-state index in [2.05, 4.69) is 15.3 Å². The van der Waals surface area contributed by atoms with Gasteiger partial charge in [0.05, 0.1) is 0 Å². The lowest BCUT2D eigenvalue weighted by atomic mass is 9.91. The molecule has 11 heteroatoms. The van der Waals surface area contributed by atoms with Crippen molar-refractivity contribution >= 4 is 40.0 Å². The molecule has 0 spiro atoms. The monoisotopic (exact) mass is 535 g/mol. The third-order valence-corrected chi connectivity index (χ3v) is 7.42. The quantitative estimate of drug-likeness (QED) is 0.262. The number of nitrogens with one attached hydrogen (secondary N) is 1. The molecule has 1 aliphatic rings. The van der Waals surface area contributed by atoms with E-state index in [4.69, 9.17) is 5.73 Å². The first kappa shape index (κ1) is 25.5. The number of Topliss-reactive ketones (excluding diaryl/α,β-unsaturated/α-hetero) is 1. The lowest BCUT2D eigenvalue weighted by Crippen LogP contribution is -2.34. The summed E-state index contributed by atoms with van der Waals surface area (Å²) in [6, 6.07) is 10.7. The minimum atomic E-state index is -1.04. The zero-order chi connectivity index (χ0) is 26.8. The molecule has 38 heavy (non-hydrogen) atoms. The summed E-state index contributed by atoms with van der Waals surface area (Å²) < 4.78 is 28.8. The van der Waals surface area contributed by atoms with Crippen LogP contribution >= 0.6 is 11.8 Å². The summed E-state index contributed by atoms with van der Waals surface area (Å²) in [4.78, 5) is 47.5. The van der Waals surface area contributed by atoms with Crippen molar-refractivity contribution in [2.75, 3.05) is 11.5 Å². The van der Waals surface area contributed by atoms with Crippen molar-refractivity contribution in [1.82, 2.24) is 19.9 Å². The van der Waals surface area contributed by atoms with Crippen LogP contribution in [0.1, 0.15) is 27.9 Å². The number of carbonyl (C=O) groups is 2. The molecule has 1 amide bonds. The van der Waals surface area contributed by atoms with Gasteiger partial charge in [-0.3, -0.25) is 19.0 Å². The Labute approximate surface area is 220 Å². The highest BCUT2D eigenvalue weighted by Crippen LogP contribution is 2.23. The molecule has 4 aromatic rings. The van der Waals surface area contributed by atoms with Gasteiger partial charge in [-0.2, -0.15) is 0 Å². The summed E-state index contributed by atoms with van der Waals surface area (Å²) in [5.74, 6) is -2.88. The maximum atomic E-state index is 13.9. The molecule has 1 aliphatic heterocycles. The lowest BCUT2D eigenvalue weighted by molar-refractivity contribution is -0.125. The van der Waals surface area contributed by atoms with Crippen LogP contribution in [0.25, 0.3) is 10.8 Å². The van der Waals surface area contributed by atoms with Crippen LogP contribution in [0, 0.1) is 17.6 Å². The number of anilines is 1. The van der Waals surface area contributed by atoms with Crippen molar-refractivity contribution in [3.05, 3.63) is 93.5 Å². The van der Waals surface area contributed by atoms with Crippen LogP contribution in [0.2, 0.25) is 0 Å². The second-order valence-electron chi connectivity index (χ2n) is 9.01. The van der Waals surface area contributed by atoms with E-state index in [-0.39, 0.29) is 24.9 Å². The first-order chi connectivity index (χ1) is 18.3. The summed E-state index contributed by atoms with van der Waals surface area (Å²) in [5, 5.41) is 5.03. The van der Waals surface area contributed by atoms with Crippen molar-refractivity contribution in [3.8, 4) is 0 Å². The third kappa shape index (κ3) is 5.28. The number of hydrogen-bond donors (Lipinski definition) is 2. The Morgan fingerprint density at radius 2 is 1.89 bits per heavy atom. The molecule has 0 aliphatic carbocycles. The molecule has 0 unspecified atom stereocenters. The van der Waals surface area contributed by atoms with E-state index >= 15 is 0 Å². The minimum Gasteiger partial charge on any atom is -0.383 e. The smallest absolute Gasteiger partial charge is 0.265 e. The Bertz CT molecular complexity index is 1620. The van der Waals surface area contributed by atoms with Gasteiger partial charge >= 0.3 is 0 Å². The summed E-state index contributed by atoms with van der Waals surface area (Å²) >= 11 is 1.43. The number of benzene rings is 2. The first-order valence-electron chi connectivity index (χ1n) is 11.9. The predicted molar refractivity (Wildman–Crippen MR) is 140 cm³/mol. The van der Waals surface area contributed by atoms with Gasteiger partial charge in [0.15, 0.2) is 22.6 Å². The molecule has 0 saturated carbocycles. The van der Waals surface area contributed by atoms with Gasteiger partial charge in [-0.05, 0) is 47.2 Å². The van der Waals surface area contributed by atoms with Gasteiger partial charge in [0, 0.05) is 49.0 Å². The number of nitrogen functional groups attached to an aromatic ring is 1. The maximum absolute atomic E-state index is 13.9. The van der Waals surface area contributed by atoms with Gasteiger partial charge in [-0.25, -0.2) is 18.7 Å². The highest BCUT2D eigenvalue weighted by atomic mass is 32.2. The molecule has 8 nitrogen and oxygen atoms in total. The Balaban J connectivity index is 1.36. The van der Waals surface area contributed by atoms with E-state index in [1.165, 1.54) is 28.6 Å². The van der Waals surface area contributed by atoms with Gasteiger partial charge in [-0.15, -0.1) is 0 Å². The fourth-order valence-electron chi connectivity index (χ4n) is 4.45.